The van der Waals surface area contributed by atoms with Gasteiger partial charge in [-0.25, -0.2) is 4.39 Å². The third-order valence-corrected chi connectivity index (χ3v) is 4.44. The molecule has 21 heavy (non-hydrogen) atoms. The summed E-state index contributed by atoms with van der Waals surface area (Å²) in [5, 5.41) is 7.41. The van der Waals surface area contributed by atoms with E-state index in [1.807, 2.05) is 0 Å². The summed E-state index contributed by atoms with van der Waals surface area (Å²) >= 11 is 0. The Morgan fingerprint density at radius 2 is 1.86 bits per heavy atom. The number of halogens is 1. The van der Waals surface area contributed by atoms with Crippen molar-refractivity contribution in [2.45, 2.75) is 19.4 Å². The van der Waals surface area contributed by atoms with Crippen LogP contribution in [-0.4, -0.2) is 48.4 Å². The number of amidine groups is 1. The van der Waals surface area contributed by atoms with Gasteiger partial charge in [0.15, 0.2) is 0 Å². The maximum absolute atomic E-state index is 14.3. The van der Waals surface area contributed by atoms with E-state index in [-0.39, 0.29) is 17.2 Å². The lowest BCUT2D eigenvalue weighted by Gasteiger charge is -2.34. The van der Waals surface area contributed by atoms with Crippen LogP contribution in [0.5, 0.6) is 0 Å². The van der Waals surface area contributed by atoms with Gasteiger partial charge in [-0.2, -0.15) is 0 Å². The summed E-state index contributed by atoms with van der Waals surface area (Å²) in [6.45, 7) is 5.95. The molecule has 0 amide bonds. The lowest BCUT2D eigenvalue weighted by molar-refractivity contribution is 0.122. The molecule has 0 unspecified atom stereocenters. The molecular weight excluding hydrogens is 267 g/mol. The van der Waals surface area contributed by atoms with Crippen LogP contribution in [0.3, 0.4) is 0 Å². The van der Waals surface area contributed by atoms with E-state index in [1.165, 1.54) is 19.4 Å². The minimum absolute atomic E-state index is 0.205. The van der Waals surface area contributed by atoms with E-state index in [4.69, 9.17) is 11.1 Å². The van der Waals surface area contributed by atoms with Gasteiger partial charge in [0.25, 0.3) is 0 Å². The van der Waals surface area contributed by atoms with Crippen molar-refractivity contribution in [2.24, 2.45) is 11.7 Å². The Morgan fingerprint density at radius 1 is 1.19 bits per heavy atom. The molecule has 2 aliphatic rings. The number of piperazine rings is 1. The number of nitrogen functional groups attached to an aromatic ring is 1. The molecule has 5 heteroatoms. The molecule has 0 bridgehead atoms. The largest absolute Gasteiger partial charge is 0.384 e. The summed E-state index contributed by atoms with van der Waals surface area (Å²) in [5.74, 6) is 0.384. The van der Waals surface area contributed by atoms with Gasteiger partial charge in [0, 0.05) is 44.8 Å². The lowest BCUT2D eigenvalue weighted by atomic mass is 10.1. The zero-order valence-corrected chi connectivity index (χ0v) is 12.3. The zero-order chi connectivity index (χ0) is 14.8. The van der Waals surface area contributed by atoms with Crippen molar-refractivity contribution in [3.63, 3.8) is 0 Å². The molecule has 0 spiro atoms. The molecule has 1 saturated heterocycles. The number of hydrogen-bond acceptors (Lipinski definition) is 3. The number of nitrogens with two attached hydrogens (primary N) is 1. The van der Waals surface area contributed by atoms with Gasteiger partial charge in [-0.3, -0.25) is 10.3 Å². The van der Waals surface area contributed by atoms with Gasteiger partial charge in [0.1, 0.15) is 11.7 Å². The fourth-order valence-corrected chi connectivity index (χ4v) is 2.95. The molecule has 3 rings (SSSR count). The molecule has 2 fully saturated rings. The molecule has 1 aliphatic carbocycles. The number of benzene rings is 1. The molecular formula is C16H23FN4. The van der Waals surface area contributed by atoms with Gasteiger partial charge >= 0.3 is 0 Å². The highest BCUT2D eigenvalue weighted by Crippen LogP contribution is 2.30. The van der Waals surface area contributed by atoms with Crippen molar-refractivity contribution in [1.29, 1.82) is 5.41 Å². The standard InChI is InChI=1S/C16H23FN4/c17-15-13(2-1-3-14(15)16(18)19)11-21-8-6-20(7-9-21)10-12-4-5-12/h1-3,12H,4-11H2,(H3,18,19). The SMILES string of the molecule is N=C(N)c1cccc(CN2CCN(CC3CC3)CC2)c1F. The fraction of sp³-hybridized carbons (Fsp3) is 0.562. The van der Waals surface area contributed by atoms with Crippen molar-refractivity contribution in [1.82, 2.24) is 9.80 Å². The third-order valence-electron chi connectivity index (χ3n) is 4.44. The van der Waals surface area contributed by atoms with E-state index in [2.05, 4.69) is 9.80 Å². The van der Waals surface area contributed by atoms with Crippen LogP contribution in [0.25, 0.3) is 0 Å². The highest BCUT2D eigenvalue weighted by atomic mass is 19.1. The van der Waals surface area contributed by atoms with Gasteiger partial charge in [-0.15, -0.1) is 0 Å². The van der Waals surface area contributed by atoms with Crippen molar-refractivity contribution < 1.29 is 4.39 Å². The minimum Gasteiger partial charge on any atom is -0.384 e. The Morgan fingerprint density at radius 3 is 2.48 bits per heavy atom. The Kier molecular flexibility index (Phi) is 4.22. The van der Waals surface area contributed by atoms with Crippen molar-refractivity contribution in [2.75, 3.05) is 32.7 Å². The lowest BCUT2D eigenvalue weighted by Crippen LogP contribution is -2.46. The Labute approximate surface area is 125 Å². The molecule has 0 radical (unpaired) electrons. The fourth-order valence-electron chi connectivity index (χ4n) is 2.95. The second-order valence-corrected chi connectivity index (χ2v) is 6.21. The number of nitrogens with zero attached hydrogens (tertiary/aromatic N) is 2. The number of rotatable bonds is 5. The maximum Gasteiger partial charge on any atom is 0.138 e. The van der Waals surface area contributed by atoms with Crippen LogP contribution in [0.4, 0.5) is 4.39 Å². The second kappa shape index (κ2) is 6.12. The van der Waals surface area contributed by atoms with E-state index in [0.29, 0.717) is 12.1 Å². The average Bonchev–Trinajstić information content (AvgIpc) is 3.27. The molecule has 1 heterocycles. The Bertz CT molecular complexity index is 519. The van der Waals surface area contributed by atoms with Crippen LogP contribution < -0.4 is 5.73 Å². The molecule has 1 aliphatic heterocycles. The van der Waals surface area contributed by atoms with Crippen molar-refractivity contribution >= 4 is 5.84 Å². The average molecular weight is 290 g/mol. The monoisotopic (exact) mass is 290 g/mol. The molecule has 114 valence electrons. The van der Waals surface area contributed by atoms with Crippen LogP contribution >= 0.6 is 0 Å². The molecule has 0 aromatic heterocycles. The van der Waals surface area contributed by atoms with E-state index in [1.54, 1.807) is 18.2 Å². The smallest absolute Gasteiger partial charge is 0.138 e. The normalized spacial score (nSPS) is 20.6. The highest BCUT2D eigenvalue weighted by Gasteiger charge is 2.26. The number of hydrogen-bond donors (Lipinski definition) is 2. The summed E-state index contributed by atoms with van der Waals surface area (Å²) in [4.78, 5) is 4.81. The van der Waals surface area contributed by atoms with E-state index >= 15 is 0 Å². The highest BCUT2D eigenvalue weighted by molar-refractivity contribution is 5.95. The minimum atomic E-state index is -0.342. The van der Waals surface area contributed by atoms with Crippen molar-refractivity contribution in [3.8, 4) is 0 Å². The van der Waals surface area contributed by atoms with Gasteiger partial charge in [0.05, 0.1) is 5.56 Å². The summed E-state index contributed by atoms with van der Waals surface area (Å²) in [7, 11) is 0. The van der Waals surface area contributed by atoms with Gasteiger partial charge in [-0.1, -0.05) is 12.1 Å². The Balaban J connectivity index is 1.57. The van der Waals surface area contributed by atoms with Crippen LogP contribution in [0.15, 0.2) is 18.2 Å². The molecule has 4 nitrogen and oxygen atoms in total. The van der Waals surface area contributed by atoms with Gasteiger partial charge in [-0.05, 0) is 24.8 Å². The molecule has 1 saturated carbocycles. The third kappa shape index (κ3) is 3.60. The van der Waals surface area contributed by atoms with Gasteiger partial charge < -0.3 is 10.6 Å². The van der Waals surface area contributed by atoms with Crippen LogP contribution in [-0.2, 0) is 6.54 Å². The number of nitrogens with one attached hydrogen (secondary N) is 1. The Hall–Kier alpha value is -1.46. The molecule has 3 N–H and O–H groups in total. The first-order chi connectivity index (χ1) is 10.1. The summed E-state index contributed by atoms with van der Waals surface area (Å²) in [6, 6.07) is 5.13. The molecule has 1 aromatic carbocycles. The predicted octanol–water partition coefficient (Wildman–Crippen LogP) is 1.64. The molecule has 1 aromatic rings. The van der Waals surface area contributed by atoms with Crippen LogP contribution in [0.1, 0.15) is 24.0 Å². The van der Waals surface area contributed by atoms with E-state index in [9.17, 15) is 4.39 Å². The second-order valence-electron chi connectivity index (χ2n) is 6.21. The first-order valence-corrected chi connectivity index (χ1v) is 7.70. The van der Waals surface area contributed by atoms with Gasteiger partial charge in [0.2, 0.25) is 0 Å². The van der Waals surface area contributed by atoms with Crippen LogP contribution in [0, 0.1) is 17.1 Å². The van der Waals surface area contributed by atoms with E-state index in [0.717, 1.165) is 32.1 Å². The summed E-state index contributed by atoms with van der Waals surface area (Å²) < 4.78 is 14.3. The summed E-state index contributed by atoms with van der Waals surface area (Å²) in [6.07, 6.45) is 2.78. The predicted molar refractivity (Wildman–Crippen MR) is 81.9 cm³/mol. The first kappa shape index (κ1) is 14.5. The molecule has 0 atom stereocenters. The summed E-state index contributed by atoms with van der Waals surface area (Å²) in [5.41, 5.74) is 6.26. The maximum atomic E-state index is 14.3. The topological polar surface area (TPSA) is 56.4 Å². The zero-order valence-electron chi connectivity index (χ0n) is 12.3. The quantitative estimate of drug-likeness (QED) is 0.640. The first-order valence-electron chi connectivity index (χ1n) is 7.70. The van der Waals surface area contributed by atoms with Crippen molar-refractivity contribution in [3.05, 3.63) is 35.1 Å². The van der Waals surface area contributed by atoms with E-state index < -0.39 is 0 Å². The van der Waals surface area contributed by atoms with Crippen LogP contribution in [0.2, 0.25) is 0 Å².